The van der Waals surface area contributed by atoms with Crippen LogP contribution in [0.25, 0.3) is 0 Å². The average Bonchev–Trinajstić information content (AvgIpc) is 2.93. The van der Waals surface area contributed by atoms with Crippen LogP contribution in [0.2, 0.25) is 0 Å². The molecule has 0 aromatic heterocycles. The summed E-state index contributed by atoms with van der Waals surface area (Å²) in [5, 5.41) is 0. The monoisotopic (exact) mass is 474 g/mol. The fourth-order valence-electron chi connectivity index (χ4n) is 5.48. The van der Waals surface area contributed by atoms with Crippen molar-refractivity contribution in [1.29, 1.82) is 0 Å². The van der Waals surface area contributed by atoms with Crippen molar-refractivity contribution in [3.8, 4) is 11.5 Å². The van der Waals surface area contributed by atoms with Crippen LogP contribution in [0.1, 0.15) is 77.0 Å². The summed E-state index contributed by atoms with van der Waals surface area (Å²) in [6.45, 7) is 1.39. The quantitative estimate of drug-likeness (QED) is 0.287. The van der Waals surface area contributed by atoms with E-state index in [0.29, 0.717) is 25.0 Å². The molecule has 35 heavy (non-hydrogen) atoms. The predicted molar refractivity (Wildman–Crippen MR) is 144 cm³/mol. The lowest BCUT2D eigenvalue weighted by atomic mass is 9.83. The van der Waals surface area contributed by atoms with Gasteiger partial charge in [0.05, 0.1) is 25.7 Å². The number of hydrogen-bond donors (Lipinski definition) is 0. The average molecular weight is 475 g/mol. The Labute approximate surface area is 212 Å². The Kier molecular flexibility index (Phi) is 10.6. The van der Waals surface area contributed by atoms with Gasteiger partial charge in [-0.15, -0.1) is 0 Å². The number of hydrogen-bond acceptors (Lipinski definition) is 3. The summed E-state index contributed by atoms with van der Waals surface area (Å²) in [7, 11) is 0. The van der Waals surface area contributed by atoms with Gasteiger partial charge in [0, 0.05) is 12.8 Å². The van der Waals surface area contributed by atoms with E-state index in [1.165, 1.54) is 75.4 Å². The molecule has 2 aliphatic rings. The van der Waals surface area contributed by atoms with Gasteiger partial charge in [0.15, 0.2) is 0 Å². The van der Waals surface area contributed by atoms with Gasteiger partial charge >= 0.3 is 0 Å². The molecule has 3 heteroatoms. The molecule has 0 N–H and O–H groups in total. The lowest BCUT2D eigenvalue weighted by Gasteiger charge is -2.25. The minimum absolute atomic E-state index is 0.621. The summed E-state index contributed by atoms with van der Waals surface area (Å²) in [6, 6.07) is 20.2. The molecular weight excluding hydrogens is 432 g/mol. The van der Waals surface area contributed by atoms with Crippen molar-refractivity contribution >= 4 is 0 Å². The third kappa shape index (κ3) is 8.80. The molecule has 0 saturated heterocycles. The molecule has 0 aliphatic heterocycles. The van der Waals surface area contributed by atoms with Crippen LogP contribution < -0.4 is 9.47 Å². The third-order valence-corrected chi connectivity index (χ3v) is 7.50. The molecule has 0 bridgehead atoms. The van der Waals surface area contributed by atoms with Crippen molar-refractivity contribution in [2.24, 2.45) is 11.8 Å². The Hall–Kier alpha value is -2.68. The number of rotatable bonds is 12. The highest BCUT2D eigenvalue weighted by atomic mass is 16.5. The zero-order chi connectivity index (χ0) is 24.0. The Balaban J connectivity index is 1.38. The van der Waals surface area contributed by atoms with Crippen molar-refractivity contribution in [2.75, 3.05) is 13.2 Å². The fourth-order valence-corrected chi connectivity index (χ4v) is 5.48. The Morgan fingerprint density at radius 1 is 0.571 bits per heavy atom. The van der Waals surface area contributed by atoms with Gasteiger partial charge in [0.1, 0.15) is 11.5 Å². The smallest absolute Gasteiger partial charge is 0.119 e. The number of benzene rings is 2. The van der Waals surface area contributed by atoms with Crippen LogP contribution >= 0.6 is 0 Å². The van der Waals surface area contributed by atoms with E-state index in [1.807, 2.05) is 73.2 Å². The van der Waals surface area contributed by atoms with Gasteiger partial charge in [-0.05, 0) is 72.9 Å². The first-order valence-corrected chi connectivity index (χ1v) is 13.8. The van der Waals surface area contributed by atoms with Gasteiger partial charge in [-0.3, -0.25) is 0 Å². The number of ether oxygens (including phenoxy) is 3. The van der Waals surface area contributed by atoms with Crippen LogP contribution in [-0.2, 0) is 4.74 Å². The lowest BCUT2D eigenvalue weighted by molar-refractivity contribution is 0.288. The molecule has 0 amide bonds. The summed E-state index contributed by atoms with van der Waals surface area (Å²) in [5.74, 6) is 3.12. The van der Waals surface area contributed by atoms with Gasteiger partial charge in [-0.25, -0.2) is 0 Å². The predicted octanol–water partition coefficient (Wildman–Crippen LogP) is 8.87. The maximum atomic E-state index is 6.23. The third-order valence-electron chi connectivity index (χ3n) is 7.50. The van der Waals surface area contributed by atoms with Crippen molar-refractivity contribution in [3.05, 3.63) is 84.3 Å². The summed E-state index contributed by atoms with van der Waals surface area (Å²) in [4.78, 5) is 0. The molecular formula is C32H42O3. The summed E-state index contributed by atoms with van der Waals surface area (Å²) in [6.07, 6.45) is 19.0. The fraction of sp³-hybridized carbons (Fsp3) is 0.500. The van der Waals surface area contributed by atoms with Gasteiger partial charge in [0.25, 0.3) is 0 Å². The second-order valence-corrected chi connectivity index (χ2v) is 10.0. The molecule has 2 aliphatic carbocycles. The van der Waals surface area contributed by atoms with E-state index in [0.717, 1.165) is 24.3 Å². The molecule has 0 spiro atoms. The minimum atomic E-state index is 0.621. The highest BCUT2D eigenvalue weighted by Crippen LogP contribution is 2.33. The van der Waals surface area contributed by atoms with Gasteiger partial charge in [-0.2, -0.15) is 0 Å². The molecule has 3 nitrogen and oxygen atoms in total. The van der Waals surface area contributed by atoms with Crippen molar-refractivity contribution in [1.82, 2.24) is 0 Å². The molecule has 188 valence electrons. The Morgan fingerprint density at radius 2 is 0.971 bits per heavy atom. The lowest BCUT2D eigenvalue weighted by Crippen LogP contribution is -2.13. The van der Waals surface area contributed by atoms with E-state index in [4.69, 9.17) is 14.2 Å². The topological polar surface area (TPSA) is 27.7 Å². The first-order chi connectivity index (χ1) is 17.4. The molecule has 0 unspecified atom stereocenters. The normalized spacial score (nSPS) is 18.3. The zero-order valence-corrected chi connectivity index (χ0v) is 21.2. The van der Waals surface area contributed by atoms with E-state index >= 15 is 0 Å². The van der Waals surface area contributed by atoms with E-state index in [9.17, 15) is 0 Å². The molecule has 2 fully saturated rings. The molecule has 0 atom stereocenters. The van der Waals surface area contributed by atoms with Crippen molar-refractivity contribution in [2.45, 2.75) is 77.0 Å². The second kappa shape index (κ2) is 14.7. The van der Waals surface area contributed by atoms with Crippen LogP contribution in [0.4, 0.5) is 0 Å². The van der Waals surface area contributed by atoms with Crippen LogP contribution in [0.5, 0.6) is 11.5 Å². The Bertz CT molecular complexity index is 815. The molecule has 2 aromatic carbocycles. The van der Waals surface area contributed by atoms with Crippen LogP contribution in [0.3, 0.4) is 0 Å². The van der Waals surface area contributed by atoms with Gasteiger partial charge < -0.3 is 14.2 Å². The minimum Gasteiger partial charge on any atom is -0.493 e. The highest BCUT2D eigenvalue weighted by molar-refractivity contribution is 5.22. The SMILES string of the molecule is C(OC=C(CCOc1ccccc1)C1CCCCC1)=C(CCOc1ccccc1)C1CCCCC1. The van der Waals surface area contributed by atoms with Gasteiger partial charge in [-0.1, -0.05) is 74.9 Å². The summed E-state index contributed by atoms with van der Waals surface area (Å²) in [5.41, 5.74) is 2.81. The summed E-state index contributed by atoms with van der Waals surface area (Å²) >= 11 is 0. The maximum absolute atomic E-state index is 6.23. The molecule has 2 saturated carbocycles. The summed E-state index contributed by atoms with van der Waals surface area (Å²) < 4.78 is 18.3. The van der Waals surface area contributed by atoms with Crippen LogP contribution in [-0.4, -0.2) is 13.2 Å². The molecule has 0 radical (unpaired) electrons. The molecule has 0 heterocycles. The first-order valence-electron chi connectivity index (χ1n) is 13.8. The van der Waals surface area contributed by atoms with Crippen molar-refractivity contribution < 1.29 is 14.2 Å². The first kappa shape index (κ1) is 25.4. The molecule has 4 rings (SSSR count). The standard InChI is InChI=1S/C32H42O3/c1-5-13-27(14-6-1)29(21-23-34-31-17-9-3-10-18-31)25-33-26-30(28-15-7-2-8-16-28)22-24-35-32-19-11-4-12-20-32/h3-4,9-12,17-20,25-28H,1-2,5-8,13-16,21-24H2. The zero-order valence-electron chi connectivity index (χ0n) is 21.2. The Morgan fingerprint density at radius 3 is 1.37 bits per heavy atom. The second-order valence-electron chi connectivity index (χ2n) is 10.0. The highest BCUT2D eigenvalue weighted by Gasteiger charge is 2.20. The largest absolute Gasteiger partial charge is 0.493 e. The molecule has 2 aromatic rings. The van der Waals surface area contributed by atoms with E-state index in [1.54, 1.807) is 0 Å². The maximum Gasteiger partial charge on any atom is 0.119 e. The van der Waals surface area contributed by atoms with Crippen molar-refractivity contribution in [3.63, 3.8) is 0 Å². The van der Waals surface area contributed by atoms with Gasteiger partial charge in [0.2, 0.25) is 0 Å². The van der Waals surface area contributed by atoms with Crippen LogP contribution in [0, 0.1) is 11.8 Å². The van der Waals surface area contributed by atoms with Crippen LogP contribution in [0.15, 0.2) is 84.3 Å². The number of para-hydroxylation sites is 2. The van der Waals surface area contributed by atoms with E-state index in [-0.39, 0.29) is 0 Å². The van der Waals surface area contributed by atoms with E-state index in [2.05, 4.69) is 0 Å². The van der Waals surface area contributed by atoms with E-state index < -0.39 is 0 Å².